The first-order chi connectivity index (χ1) is 6.08. The van der Waals surface area contributed by atoms with Crippen LogP contribution in [-0.4, -0.2) is 11.3 Å². The van der Waals surface area contributed by atoms with E-state index in [0.717, 1.165) is 6.42 Å². The van der Waals surface area contributed by atoms with Crippen molar-refractivity contribution in [3.63, 3.8) is 0 Å². The number of ketones is 1. The van der Waals surface area contributed by atoms with Gasteiger partial charge in [0.1, 0.15) is 0 Å². The average molecular weight is 180 g/mol. The number of hydrogen-bond acceptors (Lipinski definition) is 3. The Morgan fingerprint density at radius 2 is 2.38 bits per heavy atom. The van der Waals surface area contributed by atoms with E-state index in [2.05, 4.69) is 0 Å². The zero-order chi connectivity index (χ0) is 9.90. The number of allylic oxidation sites excluding steroid dienone is 1. The number of carbonyl (C=O) groups excluding carboxylic acids is 1. The van der Waals surface area contributed by atoms with E-state index in [1.165, 1.54) is 0 Å². The SMILES string of the molecule is CCCC(=O)C1(N)C=CC(N)=CC1. The van der Waals surface area contributed by atoms with Crippen molar-refractivity contribution < 1.29 is 4.79 Å². The van der Waals surface area contributed by atoms with E-state index in [4.69, 9.17) is 11.5 Å². The maximum absolute atomic E-state index is 11.6. The zero-order valence-electron chi connectivity index (χ0n) is 7.92. The Kier molecular flexibility index (Phi) is 2.88. The van der Waals surface area contributed by atoms with Gasteiger partial charge in [0.15, 0.2) is 5.78 Å². The van der Waals surface area contributed by atoms with Crippen LogP contribution in [0.25, 0.3) is 0 Å². The molecule has 3 nitrogen and oxygen atoms in total. The second-order valence-corrected chi connectivity index (χ2v) is 3.46. The fourth-order valence-corrected chi connectivity index (χ4v) is 1.33. The van der Waals surface area contributed by atoms with Crippen LogP contribution in [0.4, 0.5) is 0 Å². The minimum atomic E-state index is -0.807. The summed E-state index contributed by atoms with van der Waals surface area (Å²) in [5, 5.41) is 0. The van der Waals surface area contributed by atoms with Crippen LogP contribution in [-0.2, 0) is 4.79 Å². The third-order valence-corrected chi connectivity index (χ3v) is 2.24. The first-order valence-electron chi connectivity index (χ1n) is 4.55. The van der Waals surface area contributed by atoms with E-state index >= 15 is 0 Å². The lowest BCUT2D eigenvalue weighted by Crippen LogP contribution is -2.46. The van der Waals surface area contributed by atoms with Crippen LogP contribution >= 0.6 is 0 Å². The molecule has 0 heterocycles. The summed E-state index contributed by atoms with van der Waals surface area (Å²) in [4.78, 5) is 11.6. The van der Waals surface area contributed by atoms with Gasteiger partial charge in [0, 0.05) is 12.1 Å². The van der Waals surface area contributed by atoms with E-state index in [9.17, 15) is 4.79 Å². The van der Waals surface area contributed by atoms with Crippen LogP contribution < -0.4 is 11.5 Å². The lowest BCUT2D eigenvalue weighted by Gasteiger charge is -2.25. The molecule has 72 valence electrons. The number of rotatable bonds is 3. The summed E-state index contributed by atoms with van der Waals surface area (Å²) in [7, 11) is 0. The monoisotopic (exact) mass is 180 g/mol. The predicted octanol–water partition coefficient (Wildman–Crippen LogP) is 0.856. The molecule has 0 radical (unpaired) electrons. The minimum Gasteiger partial charge on any atom is -0.399 e. The van der Waals surface area contributed by atoms with E-state index in [0.29, 0.717) is 18.5 Å². The molecule has 0 aromatic heterocycles. The largest absolute Gasteiger partial charge is 0.399 e. The van der Waals surface area contributed by atoms with Crippen molar-refractivity contribution in [2.75, 3.05) is 0 Å². The van der Waals surface area contributed by atoms with Gasteiger partial charge >= 0.3 is 0 Å². The highest BCUT2D eigenvalue weighted by Crippen LogP contribution is 2.19. The smallest absolute Gasteiger partial charge is 0.156 e. The molecule has 1 unspecified atom stereocenters. The molecule has 0 saturated carbocycles. The molecule has 1 atom stereocenters. The highest BCUT2D eigenvalue weighted by atomic mass is 16.1. The third-order valence-electron chi connectivity index (χ3n) is 2.24. The highest BCUT2D eigenvalue weighted by molar-refractivity contribution is 5.90. The van der Waals surface area contributed by atoms with Crippen molar-refractivity contribution in [2.45, 2.75) is 31.7 Å². The van der Waals surface area contributed by atoms with Gasteiger partial charge in [0.25, 0.3) is 0 Å². The predicted molar refractivity (Wildman–Crippen MR) is 52.9 cm³/mol. The Morgan fingerprint density at radius 3 is 2.85 bits per heavy atom. The molecule has 0 bridgehead atoms. The maximum atomic E-state index is 11.6. The minimum absolute atomic E-state index is 0.0926. The van der Waals surface area contributed by atoms with Crippen LogP contribution in [0, 0.1) is 0 Å². The van der Waals surface area contributed by atoms with Crippen molar-refractivity contribution in [1.29, 1.82) is 0 Å². The molecule has 0 aromatic carbocycles. The molecule has 0 amide bonds. The lowest BCUT2D eigenvalue weighted by molar-refractivity contribution is -0.122. The first kappa shape index (κ1) is 9.99. The van der Waals surface area contributed by atoms with Crippen molar-refractivity contribution >= 4 is 5.78 Å². The molecule has 3 heteroatoms. The molecule has 1 aliphatic carbocycles. The Hall–Kier alpha value is -1.09. The van der Waals surface area contributed by atoms with Crippen molar-refractivity contribution in [2.24, 2.45) is 11.5 Å². The Morgan fingerprint density at radius 1 is 1.69 bits per heavy atom. The van der Waals surface area contributed by atoms with Gasteiger partial charge in [0.2, 0.25) is 0 Å². The summed E-state index contributed by atoms with van der Waals surface area (Å²) in [6.45, 7) is 1.97. The summed E-state index contributed by atoms with van der Waals surface area (Å²) in [6.07, 6.45) is 7.11. The Labute approximate surface area is 78.5 Å². The van der Waals surface area contributed by atoms with Gasteiger partial charge in [-0.15, -0.1) is 0 Å². The summed E-state index contributed by atoms with van der Waals surface area (Å²) in [5.41, 5.74) is 11.3. The number of Topliss-reactive ketones (excluding diaryl/α,β-unsaturated/α-hetero) is 1. The van der Waals surface area contributed by atoms with Gasteiger partial charge in [0.05, 0.1) is 5.54 Å². The fourth-order valence-electron chi connectivity index (χ4n) is 1.33. The summed E-state index contributed by atoms with van der Waals surface area (Å²) in [6, 6.07) is 0. The van der Waals surface area contributed by atoms with Gasteiger partial charge < -0.3 is 11.5 Å². The normalized spacial score (nSPS) is 27.1. The number of nitrogens with two attached hydrogens (primary N) is 2. The summed E-state index contributed by atoms with van der Waals surface area (Å²) in [5.74, 6) is 0.0926. The van der Waals surface area contributed by atoms with Crippen molar-refractivity contribution in [3.8, 4) is 0 Å². The first-order valence-corrected chi connectivity index (χ1v) is 4.55. The number of carbonyl (C=O) groups is 1. The van der Waals surface area contributed by atoms with E-state index in [1.807, 2.05) is 6.92 Å². The second-order valence-electron chi connectivity index (χ2n) is 3.46. The van der Waals surface area contributed by atoms with Gasteiger partial charge in [-0.2, -0.15) is 0 Å². The van der Waals surface area contributed by atoms with Crippen molar-refractivity contribution in [3.05, 3.63) is 23.9 Å². The van der Waals surface area contributed by atoms with E-state index in [-0.39, 0.29) is 5.78 Å². The highest BCUT2D eigenvalue weighted by Gasteiger charge is 2.30. The van der Waals surface area contributed by atoms with Gasteiger partial charge in [-0.25, -0.2) is 0 Å². The zero-order valence-corrected chi connectivity index (χ0v) is 7.92. The molecule has 1 rings (SSSR count). The van der Waals surface area contributed by atoms with Crippen LogP contribution in [0.5, 0.6) is 0 Å². The molecule has 4 N–H and O–H groups in total. The van der Waals surface area contributed by atoms with Crippen molar-refractivity contribution in [1.82, 2.24) is 0 Å². The van der Waals surface area contributed by atoms with Crippen LogP contribution in [0.15, 0.2) is 23.9 Å². The Bertz CT molecular complexity index is 268. The molecular weight excluding hydrogens is 164 g/mol. The summed E-state index contributed by atoms with van der Waals surface area (Å²) < 4.78 is 0. The molecule has 0 aromatic rings. The standard InChI is InChI=1S/C10H16N2O/c1-2-3-9(13)10(12)6-4-8(11)5-7-10/h4-6H,2-3,7,11-12H2,1H3. The molecular formula is C10H16N2O. The summed E-state index contributed by atoms with van der Waals surface area (Å²) >= 11 is 0. The van der Waals surface area contributed by atoms with E-state index in [1.54, 1.807) is 18.2 Å². The van der Waals surface area contributed by atoms with Crippen LogP contribution in [0.1, 0.15) is 26.2 Å². The maximum Gasteiger partial charge on any atom is 0.156 e. The van der Waals surface area contributed by atoms with Gasteiger partial charge in [-0.1, -0.05) is 19.1 Å². The average Bonchev–Trinajstić information content (AvgIpc) is 2.11. The molecule has 0 aliphatic heterocycles. The molecule has 0 saturated heterocycles. The Balaban J connectivity index is 2.70. The molecule has 0 spiro atoms. The molecule has 13 heavy (non-hydrogen) atoms. The van der Waals surface area contributed by atoms with Gasteiger partial charge in [-0.3, -0.25) is 4.79 Å². The van der Waals surface area contributed by atoms with E-state index < -0.39 is 5.54 Å². The molecule has 0 fully saturated rings. The third kappa shape index (κ3) is 2.18. The van der Waals surface area contributed by atoms with Crippen LogP contribution in [0.3, 0.4) is 0 Å². The quantitative estimate of drug-likeness (QED) is 0.676. The van der Waals surface area contributed by atoms with Gasteiger partial charge in [-0.05, 0) is 18.9 Å². The fraction of sp³-hybridized carbons (Fsp3) is 0.500. The van der Waals surface area contributed by atoms with Crippen LogP contribution in [0.2, 0.25) is 0 Å². The lowest BCUT2D eigenvalue weighted by atomic mass is 9.85. The molecule has 1 aliphatic rings. The topological polar surface area (TPSA) is 69.1 Å². The number of hydrogen-bond donors (Lipinski definition) is 2. The second kappa shape index (κ2) is 3.75.